The summed E-state index contributed by atoms with van der Waals surface area (Å²) in [5.41, 5.74) is 6.54. The van der Waals surface area contributed by atoms with Gasteiger partial charge in [-0.2, -0.15) is 0 Å². The van der Waals surface area contributed by atoms with Crippen LogP contribution in [0.1, 0.15) is 56.7 Å². The van der Waals surface area contributed by atoms with Gasteiger partial charge in [-0.1, -0.05) is 37.6 Å². The van der Waals surface area contributed by atoms with Crippen LogP contribution in [0.3, 0.4) is 0 Å². The van der Waals surface area contributed by atoms with Crippen molar-refractivity contribution in [3.8, 4) is 0 Å². The summed E-state index contributed by atoms with van der Waals surface area (Å²) >= 11 is 1.77. The molecule has 1 N–H and O–H groups in total. The van der Waals surface area contributed by atoms with Crippen LogP contribution in [0.4, 0.5) is 5.69 Å². The van der Waals surface area contributed by atoms with E-state index in [1.54, 1.807) is 11.9 Å². The summed E-state index contributed by atoms with van der Waals surface area (Å²) in [6, 6.07) is 4.54. The van der Waals surface area contributed by atoms with Gasteiger partial charge < -0.3 is 4.90 Å². The molecule has 0 atom stereocenters. The molecule has 1 aromatic rings. The van der Waals surface area contributed by atoms with E-state index in [-0.39, 0.29) is 0 Å². The summed E-state index contributed by atoms with van der Waals surface area (Å²) < 4.78 is 3.55. The second kappa shape index (κ2) is 10.6. The van der Waals surface area contributed by atoms with Gasteiger partial charge in [-0.25, -0.2) is 4.99 Å². The molecule has 0 unspecified atom stereocenters. The molecule has 142 valence electrons. The molecule has 0 spiro atoms. The minimum atomic E-state index is 0.883. The van der Waals surface area contributed by atoms with Crippen molar-refractivity contribution >= 4 is 24.0 Å². The Balaban J connectivity index is 2.01. The number of benzene rings is 1. The Labute approximate surface area is 163 Å². The molecule has 0 aliphatic heterocycles. The van der Waals surface area contributed by atoms with Gasteiger partial charge in [0.1, 0.15) is 0 Å². The molecule has 0 heterocycles. The minimum absolute atomic E-state index is 0.883. The average molecular weight is 372 g/mol. The average Bonchev–Trinajstić information content (AvgIpc) is 2.63. The van der Waals surface area contributed by atoms with Crippen LogP contribution in [0.25, 0.3) is 0 Å². The maximum absolute atomic E-state index is 4.69. The Morgan fingerprint density at radius 2 is 1.96 bits per heavy atom. The van der Waals surface area contributed by atoms with E-state index in [4.69, 9.17) is 4.99 Å². The van der Waals surface area contributed by atoms with Crippen molar-refractivity contribution in [1.82, 2.24) is 9.62 Å². The largest absolute Gasteiger partial charge is 0.366 e. The van der Waals surface area contributed by atoms with E-state index in [0.717, 1.165) is 38.0 Å². The fourth-order valence-corrected chi connectivity index (χ4v) is 3.77. The molecule has 1 aromatic carbocycles. The van der Waals surface area contributed by atoms with Crippen molar-refractivity contribution in [2.75, 3.05) is 13.6 Å². The lowest BCUT2D eigenvalue weighted by Gasteiger charge is -2.15. The third kappa shape index (κ3) is 6.33. The Hall–Kier alpha value is -1.52. The van der Waals surface area contributed by atoms with E-state index in [9.17, 15) is 0 Å². The van der Waals surface area contributed by atoms with E-state index < -0.39 is 0 Å². The van der Waals surface area contributed by atoms with E-state index in [2.05, 4.69) is 68.6 Å². The highest BCUT2D eigenvalue weighted by Crippen LogP contribution is 2.27. The quantitative estimate of drug-likeness (QED) is 0.332. The van der Waals surface area contributed by atoms with Gasteiger partial charge in [0, 0.05) is 25.0 Å². The predicted molar refractivity (Wildman–Crippen MR) is 117 cm³/mol. The molecule has 0 amide bonds. The zero-order chi connectivity index (χ0) is 18.9. The number of nitrogens with one attached hydrogen (secondary N) is 1. The smallest absolute Gasteiger partial charge is 0.0909 e. The molecular weight excluding hydrogens is 338 g/mol. The van der Waals surface area contributed by atoms with Crippen molar-refractivity contribution in [2.45, 2.75) is 59.9 Å². The topological polar surface area (TPSA) is 27.6 Å². The predicted octanol–water partition coefficient (Wildman–Crippen LogP) is 5.92. The van der Waals surface area contributed by atoms with Crippen LogP contribution in [0.2, 0.25) is 0 Å². The van der Waals surface area contributed by atoms with Crippen LogP contribution in [-0.2, 0) is 13.0 Å². The van der Waals surface area contributed by atoms with Gasteiger partial charge in [-0.3, -0.25) is 4.72 Å². The van der Waals surface area contributed by atoms with Crippen molar-refractivity contribution < 1.29 is 0 Å². The molecule has 1 aliphatic carbocycles. The molecule has 0 saturated carbocycles. The van der Waals surface area contributed by atoms with Crippen molar-refractivity contribution in [2.24, 2.45) is 4.99 Å². The minimum Gasteiger partial charge on any atom is -0.366 e. The number of hydrogen-bond donors (Lipinski definition) is 1. The van der Waals surface area contributed by atoms with E-state index in [0.29, 0.717) is 0 Å². The van der Waals surface area contributed by atoms with Crippen LogP contribution in [-0.4, -0.2) is 24.8 Å². The first kappa shape index (κ1) is 20.8. The third-order valence-corrected chi connectivity index (χ3v) is 5.55. The van der Waals surface area contributed by atoms with Crippen molar-refractivity contribution in [1.29, 1.82) is 0 Å². The Kier molecular flexibility index (Phi) is 8.46. The van der Waals surface area contributed by atoms with Gasteiger partial charge in [0.25, 0.3) is 0 Å². The first-order valence-corrected chi connectivity index (χ1v) is 10.5. The number of allylic oxidation sites excluding steroid dienone is 4. The first-order valence-electron chi connectivity index (χ1n) is 9.66. The van der Waals surface area contributed by atoms with Gasteiger partial charge in [0.05, 0.1) is 12.0 Å². The fourth-order valence-electron chi connectivity index (χ4n) is 3.02. The molecule has 0 bridgehead atoms. The van der Waals surface area contributed by atoms with Crippen LogP contribution in [0, 0.1) is 6.92 Å². The number of aryl methyl sites for hydroxylation is 2. The highest BCUT2D eigenvalue weighted by Gasteiger charge is 2.08. The van der Waals surface area contributed by atoms with Gasteiger partial charge in [0.15, 0.2) is 0 Å². The fraction of sp³-hybridized carbons (Fsp3) is 0.500. The highest BCUT2D eigenvalue weighted by atomic mass is 32.2. The highest BCUT2D eigenvalue weighted by molar-refractivity contribution is 8.01. The lowest BCUT2D eigenvalue weighted by atomic mass is 10.0. The molecule has 3 nitrogen and oxygen atoms in total. The summed E-state index contributed by atoms with van der Waals surface area (Å²) in [5.74, 6) is 0. The Morgan fingerprint density at radius 1 is 1.15 bits per heavy atom. The van der Waals surface area contributed by atoms with Crippen molar-refractivity contribution in [3.05, 3.63) is 51.5 Å². The molecule has 0 radical (unpaired) electrons. The van der Waals surface area contributed by atoms with Crippen molar-refractivity contribution in [3.63, 3.8) is 0 Å². The monoisotopic (exact) mass is 371 g/mol. The normalized spacial score (nSPS) is 14.5. The second-order valence-corrected chi connectivity index (χ2v) is 8.07. The lowest BCUT2D eigenvalue weighted by molar-refractivity contribution is 0.515. The van der Waals surface area contributed by atoms with Crippen LogP contribution in [0.15, 0.2) is 39.8 Å². The summed E-state index contributed by atoms with van der Waals surface area (Å²) in [7, 11) is 2.08. The lowest BCUT2D eigenvalue weighted by Crippen LogP contribution is -2.16. The van der Waals surface area contributed by atoms with Crippen LogP contribution in [0.5, 0.6) is 0 Å². The van der Waals surface area contributed by atoms with Crippen LogP contribution >= 0.6 is 11.9 Å². The standard InChI is InChI=1S/C22H33N3S/c1-6-12-25(5)16-23-22-14-19(7-2)20(13-18(22)4)15-24-26-21-10-8-17(3)9-11-21/h8,10,13-14,16,24H,6-7,9,11-12,15H2,1-5H3/b23-16+. The Bertz CT molecular complexity index is 689. The van der Waals surface area contributed by atoms with E-state index >= 15 is 0 Å². The molecule has 0 aromatic heterocycles. The number of hydrogen-bond acceptors (Lipinski definition) is 3. The van der Waals surface area contributed by atoms with Gasteiger partial charge in [0.2, 0.25) is 0 Å². The zero-order valence-electron chi connectivity index (χ0n) is 16.9. The first-order chi connectivity index (χ1) is 12.5. The summed E-state index contributed by atoms with van der Waals surface area (Å²) in [6.07, 6.45) is 10.9. The molecular formula is C22H33N3S. The third-order valence-electron chi connectivity index (χ3n) is 4.65. The van der Waals surface area contributed by atoms with Gasteiger partial charge in [-0.15, -0.1) is 0 Å². The van der Waals surface area contributed by atoms with E-state index in [1.807, 2.05) is 6.34 Å². The zero-order valence-corrected chi connectivity index (χ0v) is 17.7. The molecule has 0 saturated heterocycles. The number of rotatable bonds is 9. The number of nitrogens with zero attached hydrogens (tertiary/aromatic N) is 2. The van der Waals surface area contributed by atoms with E-state index in [1.165, 1.54) is 33.6 Å². The summed E-state index contributed by atoms with van der Waals surface area (Å²) in [6.45, 7) is 10.7. The van der Waals surface area contributed by atoms with Gasteiger partial charge >= 0.3 is 0 Å². The van der Waals surface area contributed by atoms with Crippen LogP contribution < -0.4 is 4.72 Å². The van der Waals surface area contributed by atoms with Gasteiger partial charge in [-0.05, 0) is 74.2 Å². The maximum Gasteiger partial charge on any atom is 0.0909 e. The molecule has 1 aliphatic rings. The molecule has 0 fully saturated rings. The SMILES string of the molecule is CCCN(C)/C=N/c1cc(CC)c(CNSC2=CC=C(C)CC2)cc1C. The Morgan fingerprint density at radius 3 is 2.62 bits per heavy atom. The summed E-state index contributed by atoms with van der Waals surface area (Å²) in [5, 5.41) is 0. The number of aliphatic imine (C=N–C) groups is 1. The summed E-state index contributed by atoms with van der Waals surface area (Å²) in [4.78, 5) is 8.26. The molecule has 26 heavy (non-hydrogen) atoms. The molecule has 2 rings (SSSR count). The second-order valence-electron chi connectivity index (χ2n) is 7.06. The molecule has 4 heteroatoms. The maximum atomic E-state index is 4.69.